The standard InChI is InChI=1S/C5H10INO2S/c1-5(2,3)9-4(8)7-10-6/h1-3H3,(H,7,8). The summed E-state index contributed by atoms with van der Waals surface area (Å²) in [5, 5.41) is 0. The van der Waals surface area contributed by atoms with Gasteiger partial charge in [0.05, 0.1) is 0 Å². The summed E-state index contributed by atoms with van der Waals surface area (Å²) < 4.78 is 7.35. The molecule has 0 rings (SSSR count). The molecule has 0 unspecified atom stereocenters. The molecule has 1 N–H and O–H groups in total. The lowest BCUT2D eigenvalue weighted by Crippen LogP contribution is -2.28. The fourth-order valence-corrected chi connectivity index (χ4v) is 0.974. The molecule has 1 amide bonds. The smallest absolute Gasteiger partial charge is 0.418 e. The van der Waals surface area contributed by atoms with Gasteiger partial charge in [-0.25, -0.2) is 4.79 Å². The van der Waals surface area contributed by atoms with Gasteiger partial charge in [-0.2, -0.15) is 0 Å². The van der Waals surface area contributed by atoms with Crippen LogP contribution in [0, 0.1) is 0 Å². The molecular weight excluding hydrogens is 265 g/mol. The van der Waals surface area contributed by atoms with Crippen LogP contribution in [0.3, 0.4) is 0 Å². The molecule has 0 aromatic heterocycles. The van der Waals surface area contributed by atoms with Crippen LogP contribution in [0.1, 0.15) is 20.8 Å². The van der Waals surface area contributed by atoms with Crippen molar-refractivity contribution in [2.24, 2.45) is 0 Å². The third-order valence-corrected chi connectivity index (χ3v) is 1.43. The van der Waals surface area contributed by atoms with E-state index in [2.05, 4.69) is 4.72 Å². The molecular formula is C5H10INO2S. The zero-order valence-electron chi connectivity index (χ0n) is 6.10. The molecule has 0 aromatic carbocycles. The lowest BCUT2D eigenvalue weighted by atomic mass is 10.2. The van der Waals surface area contributed by atoms with E-state index in [9.17, 15) is 4.79 Å². The summed E-state index contributed by atoms with van der Waals surface area (Å²) >= 11 is 1.96. The number of nitrogens with one attached hydrogen (secondary N) is 1. The van der Waals surface area contributed by atoms with Gasteiger partial charge in [0, 0.05) is 30.3 Å². The molecule has 0 aliphatic heterocycles. The van der Waals surface area contributed by atoms with Crippen LogP contribution in [0.2, 0.25) is 0 Å². The highest BCUT2D eigenvalue weighted by Crippen LogP contribution is 2.10. The number of halogens is 1. The second-order valence-electron chi connectivity index (χ2n) is 2.68. The number of ether oxygens (including phenoxy) is 1. The SMILES string of the molecule is CC(C)(C)OC(=O)NSI. The van der Waals surface area contributed by atoms with E-state index >= 15 is 0 Å². The number of hydrogen-bond donors (Lipinski definition) is 1. The Bertz CT molecular complexity index is 123. The van der Waals surface area contributed by atoms with Crippen molar-refractivity contribution in [3.8, 4) is 0 Å². The van der Waals surface area contributed by atoms with Crippen LogP contribution >= 0.6 is 30.3 Å². The summed E-state index contributed by atoms with van der Waals surface area (Å²) in [5.74, 6) is 0. The van der Waals surface area contributed by atoms with Gasteiger partial charge >= 0.3 is 6.09 Å². The van der Waals surface area contributed by atoms with E-state index in [1.54, 1.807) is 0 Å². The Morgan fingerprint density at radius 3 is 2.40 bits per heavy atom. The molecule has 0 aromatic rings. The zero-order chi connectivity index (χ0) is 8.20. The lowest BCUT2D eigenvalue weighted by Gasteiger charge is -2.18. The molecule has 0 spiro atoms. The summed E-state index contributed by atoms with van der Waals surface area (Å²) in [6, 6.07) is 0. The average Bonchev–Trinajstić information content (AvgIpc) is 1.59. The second-order valence-corrected chi connectivity index (χ2v) is 4.36. The van der Waals surface area contributed by atoms with Gasteiger partial charge in [0.25, 0.3) is 0 Å². The van der Waals surface area contributed by atoms with Gasteiger partial charge in [-0.3, -0.25) is 4.72 Å². The summed E-state index contributed by atoms with van der Waals surface area (Å²) in [6.07, 6.45) is -0.396. The second kappa shape index (κ2) is 4.27. The van der Waals surface area contributed by atoms with Crippen LogP contribution in [0.15, 0.2) is 0 Å². The van der Waals surface area contributed by atoms with Crippen molar-refractivity contribution >= 4 is 36.4 Å². The molecule has 0 aliphatic rings. The normalized spacial score (nSPS) is 10.8. The number of hydrogen-bond acceptors (Lipinski definition) is 3. The number of carbonyl (C=O) groups is 1. The number of rotatable bonds is 1. The first kappa shape index (κ1) is 10.3. The molecule has 0 saturated carbocycles. The molecule has 0 radical (unpaired) electrons. The molecule has 0 atom stereocenters. The van der Waals surface area contributed by atoms with Crippen LogP contribution < -0.4 is 4.72 Å². The average molecular weight is 275 g/mol. The Hall–Kier alpha value is 0.350. The van der Waals surface area contributed by atoms with Crippen molar-refractivity contribution in [1.29, 1.82) is 0 Å². The first-order valence-corrected chi connectivity index (χ1v) is 6.08. The maximum Gasteiger partial charge on any atom is 0.418 e. The van der Waals surface area contributed by atoms with E-state index in [-0.39, 0.29) is 0 Å². The minimum absolute atomic E-state index is 0.396. The van der Waals surface area contributed by atoms with Crippen LogP contribution in [-0.4, -0.2) is 11.7 Å². The van der Waals surface area contributed by atoms with Crippen molar-refractivity contribution in [2.45, 2.75) is 26.4 Å². The fourth-order valence-electron chi connectivity index (χ4n) is 0.330. The van der Waals surface area contributed by atoms with E-state index in [4.69, 9.17) is 4.74 Å². The molecule has 0 bridgehead atoms. The molecule has 0 heterocycles. The largest absolute Gasteiger partial charge is 0.443 e. The topological polar surface area (TPSA) is 38.3 Å². The monoisotopic (exact) mass is 275 g/mol. The minimum Gasteiger partial charge on any atom is -0.443 e. The van der Waals surface area contributed by atoms with E-state index in [0.29, 0.717) is 0 Å². The third-order valence-electron chi connectivity index (χ3n) is 0.521. The van der Waals surface area contributed by atoms with Crippen molar-refractivity contribution in [2.75, 3.05) is 0 Å². The van der Waals surface area contributed by atoms with Crippen molar-refractivity contribution in [3.63, 3.8) is 0 Å². The van der Waals surface area contributed by atoms with Gasteiger partial charge in [-0.1, -0.05) is 0 Å². The number of amides is 1. The highest BCUT2D eigenvalue weighted by molar-refractivity contribution is 14.2. The van der Waals surface area contributed by atoms with Crippen molar-refractivity contribution < 1.29 is 9.53 Å². The molecule has 0 saturated heterocycles. The first-order valence-electron chi connectivity index (χ1n) is 2.72. The van der Waals surface area contributed by atoms with Gasteiger partial charge in [-0.15, -0.1) is 0 Å². The highest BCUT2D eigenvalue weighted by atomic mass is 127. The zero-order valence-corrected chi connectivity index (χ0v) is 9.08. The summed E-state index contributed by atoms with van der Waals surface area (Å²) in [6.45, 7) is 5.47. The van der Waals surface area contributed by atoms with Crippen LogP contribution in [0.25, 0.3) is 0 Å². The maximum atomic E-state index is 10.7. The van der Waals surface area contributed by atoms with E-state index in [0.717, 1.165) is 0 Å². The highest BCUT2D eigenvalue weighted by Gasteiger charge is 2.15. The molecule has 10 heavy (non-hydrogen) atoms. The fraction of sp³-hybridized carbons (Fsp3) is 0.800. The maximum absolute atomic E-state index is 10.7. The van der Waals surface area contributed by atoms with Crippen LogP contribution in [0.5, 0.6) is 0 Å². The Balaban J connectivity index is 3.58. The van der Waals surface area contributed by atoms with Gasteiger partial charge in [0.2, 0.25) is 0 Å². The van der Waals surface area contributed by atoms with Gasteiger partial charge in [0.15, 0.2) is 0 Å². The van der Waals surface area contributed by atoms with Crippen LogP contribution in [0.4, 0.5) is 4.79 Å². The quantitative estimate of drug-likeness (QED) is 0.590. The third kappa shape index (κ3) is 6.47. The van der Waals surface area contributed by atoms with E-state index < -0.39 is 11.7 Å². The Morgan fingerprint density at radius 1 is 1.60 bits per heavy atom. The van der Waals surface area contributed by atoms with Crippen molar-refractivity contribution in [1.82, 2.24) is 4.72 Å². The van der Waals surface area contributed by atoms with Gasteiger partial charge < -0.3 is 4.74 Å². The summed E-state index contributed by atoms with van der Waals surface area (Å²) in [7, 11) is 1.20. The Kier molecular flexibility index (Phi) is 4.42. The van der Waals surface area contributed by atoms with E-state index in [1.807, 2.05) is 42.0 Å². The van der Waals surface area contributed by atoms with Gasteiger partial charge in [0.1, 0.15) is 5.60 Å². The van der Waals surface area contributed by atoms with Crippen LogP contribution in [-0.2, 0) is 4.74 Å². The van der Waals surface area contributed by atoms with E-state index in [1.165, 1.54) is 9.12 Å². The lowest BCUT2D eigenvalue weighted by molar-refractivity contribution is 0.0575. The Labute approximate surface area is 77.0 Å². The van der Waals surface area contributed by atoms with Crippen molar-refractivity contribution in [3.05, 3.63) is 0 Å². The molecule has 0 aliphatic carbocycles. The Morgan fingerprint density at radius 2 is 2.10 bits per heavy atom. The van der Waals surface area contributed by atoms with Gasteiger partial charge in [-0.05, 0) is 20.8 Å². The molecule has 0 fully saturated rings. The molecule has 5 heteroatoms. The predicted molar refractivity (Wildman–Crippen MR) is 51.0 cm³/mol. The molecule has 3 nitrogen and oxygen atoms in total. The summed E-state index contributed by atoms with van der Waals surface area (Å²) in [4.78, 5) is 10.7. The summed E-state index contributed by atoms with van der Waals surface area (Å²) in [5.41, 5.74) is -0.406. The molecule has 60 valence electrons. The number of carbonyl (C=O) groups excluding carboxylic acids is 1. The predicted octanol–water partition coefficient (Wildman–Crippen LogP) is 2.51. The first-order chi connectivity index (χ1) is 4.45. The minimum atomic E-state index is -0.406.